The average Bonchev–Trinajstić information content (AvgIpc) is 3.61. The van der Waals surface area contributed by atoms with Crippen LogP contribution < -0.4 is 17.0 Å². The third-order valence-electron chi connectivity index (χ3n) is 7.26. The highest BCUT2D eigenvalue weighted by atomic mass is 35.5. The van der Waals surface area contributed by atoms with Crippen LogP contribution in [0.4, 0.5) is 0 Å². The summed E-state index contributed by atoms with van der Waals surface area (Å²) in [6.45, 7) is 0. The number of halogens is 1. The van der Waals surface area contributed by atoms with Crippen LogP contribution in [-0.4, -0.2) is 4.57 Å². The highest BCUT2D eigenvalue weighted by Crippen LogP contribution is 2.59. The van der Waals surface area contributed by atoms with Crippen LogP contribution in [0.15, 0.2) is 113 Å². The fraction of sp³-hybridized carbons (Fsp3) is 0.148. The van der Waals surface area contributed by atoms with E-state index in [9.17, 15) is 0 Å². The van der Waals surface area contributed by atoms with Crippen molar-refractivity contribution < 1.29 is 25.8 Å². The minimum atomic E-state index is -0.260. The number of hydrogen-bond acceptors (Lipinski definition) is 2. The Morgan fingerprint density at radius 2 is 1.47 bits per heavy atom. The molecule has 8 rings (SSSR count). The van der Waals surface area contributed by atoms with Gasteiger partial charge in [-0.1, -0.05) is 42.5 Å². The van der Waals surface area contributed by atoms with Crippen LogP contribution >= 0.6 is 0 Å². The van der Waals surface area contributed by atoms with Crippen LogP contribution in [-0.2, 0) is 5.41 Å². The first kappa shape index (κ1) is 19.2. The molecule has 0 radical (unpaired) electrons. The second-order valence-corrected chi connectivity index (χ2v) is 8.55. The molecule has 2 atom stereocenters. The zero-order chi connectivity index (χ0) is 20.4. The maximum atomic E-state index is 5.63. The summed E-state index contributed by atoms with van der Waals surface area (Å²) in [6, 6.07) is 24.0. The lowest BCUT2D eigenvalue weighted by Crippen LogP contribution is -3.00. The van der Waals surface area contributed by atoms with Crippen molar-refractivity contribution in [1.29, 1.82) is 0 Å². The molecule has 0 fully saturated rings. The number of aromatic nitrogens is 2. The van der Waals surface area contributed by atoms with Crippen molar-refractivity contribution in [2.24, 2.45) is 0 Å². The van der Waals surface area contributed by atoms with Crippen molar-refractivity contribution in [3.63, 3.8) is 0 Å². The molecule has 0 N–H and O–H groups in total. The molecule has 0 saturated heterocycles. The lowest BCUT2D eigenvalue weighted by atomic mass is 9.55. The largest absolute Gasteiger partial charge is 1.00 e. The summed E-state index contributed by atoms with van der Waals surface area (Å²) in [7, 11) is 0. The summed E-state index contributed by atoms with van der Waals surface area (Å²) >= 11 is 0. The SMILES string of the molecule is [Cl-].c1ccc(-n2cc[n+]3c2C2c4ccccc4C3CC2(c2ccoc2)c2ccoc2)cc1. The Labute approximate surface area is 192 Å². The average molecular weight is 441 g/mol. The van der Waals surface area contributed by atoms with Crippen LogP contribution in [0.5, 0.6) is 0 Å². The van der Waals surface area contributed by atoms with Crippen molar-refractivity contribution in [3.05, 3.63) is 132 Å². The van der Waals surface area contributed by atoms with Gasteiger partial charge in [0.05, 0.1) is 25.1 Å². The van der Waals surface area contributed by atoms with Crippen molar-refractivity contribution in [1.82, 2.24) is 4.57 Å². The van der Waals surface area contributed by atoms with Gasteiger partial charge >= 0.3 is 0 Å². The van der Waals surface area contributed by atoms with Gasteiger partial charge in [-0.05, 0) is 29.8 Å². The molecular weight excluding hydrogens is 420 g/mol. The monoisotopic (exact) mass is 440 g/mol. The molecular formula is C27H21ClN2O2. The molecule has 3 aliphatic rings. The standard InChI is InChI=1S/C27H21N2O2.ClH/c1-2-6-21(7-3-1)28-12-13-29-24-16-27(19-10-14-30-17-19,20-11-15-31-18-20)25(26(28)29)23-9-5-4-8-22(23)24;/h1-15,17-18,24-25H,16H2;1H/q+1;/p-1. The second kappa shape index (κ2) is 7.01. The van der Waals surface area contributed by atoms with Crippen LogP contribution in [0, 0.1) is 0 Å². The van der Waals surface area contributed by atoms with E-state index >= 15 is 0 Å². The van der Waals surface area contributed by atoms with Gasteiger partial charge in [-0.25, -0.2) is 4.57 Å². The maximum Gasteiger partial charge on any atom is 0.271 e. The third kappa shape index (κ3) is 2.36. The zero-order valence-corrected chi connectivity index (χ0v) is 18.0. The molecule has 32 heavy (non-hydrogen) atoms. The van der Waals surface area contributed by atoms with Crippen molar-refractivity contribution in [3.8, 4) is 5.69 Å². The number of benzene rings is 2. The number of nitrogens with zero attached hydrogens (tertiary/aromatic N) is 2. The van der Waals surface area contributed by atoms with Crippen LogP contribution in [0.2, 0.25) is 0 Å². The molecule has 2 aromatic carbocycles. The normalized spacial score (nSPS) is 19.8. The summed E-state index contributed by atoms with van der Waals surface area (Å²) in [5.74, 6) is 1.42. The van der Waals surface area contributed by atoms with E-state index in [1.807, 2.05) is 12.5 Å². The second-order valence-electron chi connectivity index (χ2n) is 8.55. The predicted octanol–water partition coefficient (Wildman–Crippen LogP) is 2.38. The molecule has 2 bridgehead atoms. The summed E-state index contributed by atoms with van der Waals surface area (Å²) in [6.07, 6.45) is 12.8. The number of hydrogen-bond donors (Lipinski definition) is 0. The minimum Gasteiger partial charge on any atom is -1.00 e. The number of imidazole rings is 1. The van der Waals surface area contributed by atoms with Gasteiger partial charge in [-0.15, -0.1) is 0 Å². The fourth-order valence-electron chi connectivity index (χ4n) is 6.03. The van der Waals surface area contributed by atoms with Crippen LogP contribution in [0.1, 0.15) is 46.5 Å². The molecule has 0 saturated carbocycles. The zero-order valence-electron chi connectivity index (χ0n) is 17.3. The Morgan fingerprint density at radius 1 is 0.812 bits per heavy atom. The first-order chi connectivity index (χ1) is 15.4. The van der Waals surface area contributed by atoms with E-state index in [0.717, 1.165) is 6.42 Å². The molecule has 5 aromatic rings. The lowest BCUT2D eigenvalue weighted by molar-refractivity contribution is -0.732. The molecule has 2 aliphatic heterocycles. The van der Waals surface area contributed by atoms with E-state index in [4.69, 9.17) is 8.83 Å². The maximum absolute atomic E-state index is 5.63. The number of para-hydroxylation sites is 1. The minimum absolute atomic E-state index is 0. The number of fused-ring (bicyclic) bond motifs is 1. The van der Waals surface area contributed by atoms with Crippen LogP contribution in [0.25, 0.3) is 5.69 Å². The molecule has 4 nitrogen and oxygen atoms in total. The summed E-state index contributed by atoms with van der Waals surface area (Å²) < 4.78 is 16.1. The summed E-state index contributed by atoms with van der Waals surface area (Å²) in [5.41, 5.74) is 6.12. The van der Waals surface area contributed by atoms with Gasteiger partial charge in [-0.2, -0.15) is 4.57 Å². The van der Waals surface area contributed by atoms with Crippen LogP contribution in [0.3, 0.4) is 0 Å². The van der Waals surface area contributed by atoms with E-state index in [1.54, 1.807) is 12.5 Å². The highest BCUT2D eigenvalue weighted by molar-refractivity contribution is 5.54. The van der Waals surface area contributed by atoms with Gasteiger partial charge in [0.15, 0.2) is 0 Å². The lowest BCUT2D eigenvalue weighted by Gasteiger charge is -2.49. The van der Waals surface area contributed by atoms with E-state index in [2.05, 4.69) is 88.3 Å². The molecule has 5 heteroatoms. The topological polar surface area (TPSA) is 35.1 Å². The van der Waals surface area contributed by atoms with Crippen molar-refractivity contribution >= 4 is 0 Å². The fourth-order valence-corrected chi connectivity index (χ4v) is 6.03. The molecule has 158 valence electrons. The van der Waals surface area contributed by atoms with Gasteiger partial charge < -0.3 is 21.2 Å². The van der Waals surface area contributed by atoms with Gasteiger partial charge in [0.25, 0.3) is 5.82 Å². The summed E-state index contributed by atoms with van der Waals surface area (Å²) in [4.78, 5) is 0. The predicted molar refractivity (Wildman–Crippen MR) is 115 cm³/mol. The smallest absolute Gasteiger partial charge is 0.271 e. The third-order valence-corrected chi connectivity index (χ3v) is 7.26. The van der Waals surface area contributed by atoms with Gasteiger partial charge in [-0.3, -0.25) is 0 Å². The van der Waals surface area contributed by atoms with E-state index < -0.39 is 0 Å². The van der Waals surface area contributed by atoms with Gasteiger partial charge in [0.2, 0.25) is 0 Å². The molecule has 5 heterocycles. The molecule has 1 aliphatic carbocycles. The first-order valence-electron chi connectivity index (χ1n) is 10.7. The Balaban J connectivity index is 0.00000196. The number of rotatable bonds is 3. The molecule has 0 spiro atoms. The van der Waals surface area contributed by atoms with Gasteiger partial charge in [0, 0.05) is 28.5 Å². The van der Waals surface area contributed by atoms with E-state index in [1.165, 1.54) is 33.8 Å². The molecule has 0 amide bonds. The highest BCUT2D eigenvalue weighted by Gasteiger charge is 2.60. The Morgan fingerprint density at radius 3 is 2.12 bits per heavy atom. The van der Waals surface area contributed by atoms with Gasteiger partial charge in [0.1, 0.15) is 30.0 Å². The number of furan rings is 2. The Kier molecular flexibility index (Phi) is 4.21. The van der Waals surface area contributed by atoms with E-state index in [-0.39, 0.29) is 29.8 Å². The Bertz CT molecular complexity index is 1340. The first-order valence-corrected chi connectivity index (χ1v) is 10.7. The Hall–Kier alpha value is -3.50. The van der Waals surface area contributed by atoms with Crippen molar-refractivity contribution in [2.75, 3.05) is 0 Å². The summed E-state index contributed by atoms with van der Waals surface area (Å²) in [5, 5.41) is 0. The molecule has 3 aromatic heterocycles. The molecule has 2 unspecified atom stereocenters. The van der Waals surface area contributed by atoms with E-state index in [0.29, 0.717) is 0 Å². The quantitative estimate of drug-likeness (QED) is 0.404. The van der Waals surface area contributed by atoms with Crippen molar-refractivity contribution in [2.45, 2.75) is 23.8 Å².